The highest BCUT2D eigenvalue weighted by atomic mass is 32.1. The number of aryl methyl sites for hydroxylation is 1. The van der Waals surface area contributed by atoms with E-state index in [1.807, 2.05) is 11.3 Å². The Bertz CT molecular complexity index is 592. The van der Waals surface area contributed by atoms with Crippen molar-refractivity contribution >= 4 is 11.3 Å². The minimum atomic E-state index is -0.0109. The monoisotopic (exact) mass is 334 g/mol. The molecule has 3 fully saturated rings. The van der Waals surface area contributed by atoms with E-state index in [1.165, 1.54) is 22.6 Å². The highest BCUT2D eigenvalue weighted by Crippen LogP contribution is 2.71. The highest BCUT2D eigenvalue weighted by molar-refractivity contribution is 7.12. The second-order valence-corrected chi connectivity index (χ2v) is 9.81. The SMILES string of the molecule is CCc1ccc([C@@H](C)O[C@@H]2C[C@H]3[C@H]4CC[C@@](C)([C@H]3O2)C4(C)C)s1. The van der Waals surface area contributed by atoms with E-state index < -0.39 is 0 Å². The molecule has 1 saturated heterocycles. The van der Waals surface area contributed by atoms with Gasteiger partial charge in [-0.05, 0) is 61.0 Å². The van der Waals surface area contributed by atoms with Crippen LogP contribution in [0.2, 0.25) is 0 Å². The molecule has 0 aromatic carbocycles. The van der Waals surface area contributed by atoms with Crippen LogP contribution in [0.25, 0.3) is 0 Å². The first-order valence-electron chi connectivity index (χ1n) is 9.26. The van der Waals surface area contributed by atoms with Crippen LogP contribution in [0.4, 0.5) is 0 Å². The lowest BCUT2D eigenvalue weighted by Crippen LogP contribution is -2.37. The summed E-state index contributed by atoms with van der Waals surface area (Å²) in [6.07, 6.45) is 5.43. The average molecular weight is 335 g/mol. The van der Waals surface area contributed by atoms with Gasteiger partial charge in [0.15, 0.2) is 6.29 Å². The third-order valence-corrected chi connectivity index (χ3v) is 8.85. The summed E-state index contributed by atoms with van der Waals surface area (Å²) in [4.78, 5) is 2.77. The third kappa shape index (κ3) is 2.19. The van der Waals surface area contributed by atoms with Crippen molar-refractivity contribution in [3.63, 3.8) is 0 Å². The zero-order valence-corrected chi connectivity index (χ0v) is 15.9. The van der Waals surface area contributed by atoms with Crippen molar-refractivity contribution in [3.05, 3.63) is 21.9 Å². The molecule has 0 N–H and O–H groups in total. The molecule has 0 amide bonds. The van der Waals surface area contributed by atoms with Crippen molar-refractivity contribution in [1.29, 1.82) is 0 Å². The Kier molecular flexibility index (Phi) is 3.72. The van der Waals surface area contributed by atoms with E-state index in [2.05, 4.69) is 46.8 Å². The Morgan fingerprint density at radius 3 is 2.78 bits per heavy atom. The second kappa shape index (κ2) is 5.31. The van der Waals surface area contributed by atoms with Crippen molar-refractivity contribution in [2.24, 2.45) is 22.7 Å². The van der Waals surface area contributed by atoms with Crippen molar-refractivity contribution < 1.29 is 9.47 Å². The summed E-state index contributed by atoms with van der Waals surface area (Å²) in [5, 5.41) is 0. The van der Waals surface area contributed by atoms with Crippen LogP contribution in [0.1, 0.15) is 69.7 Å². The van der Waals surface area contributed by atoms with E-state index in [0.717, 1.165) is 18.8 Å². The van der Waals surface area contributed by atoms with Gasteiger partial charge < -0.3 is 9.47 Å². The van der Waals surface area contributed by atoms with Crippen LogP contribution < -0.4 is 0 Å². The Morgan fingerprint density at radius 2 is 2.13 bits per heavy atom. The average Bonchev–Trinajstić information content (AvgIpc) is 3.20. The molecule has 2 bridgehead atoms. The quantitative estimate of drug-likeness (QED) is 0.716. The van der Waals surface area contributed by atoms with Crippen molar-refractivity contribution in [2.75, 3.05) is 0 Å². The number of ether oxygens (including phenoxy) is 2. The van der Waals surface area contributed by atoms with Crippen LogP contribution in [-0.4, -0.2) is 12.4 Å². The van der Waals surface area contributed by atoms with E-state index >= 15 is 0 Å². The van der Waals surface area contributed by atoms with E-state index in [1.54, 1.807) is 0 Å². The molecule has 2 nitrogen and oxygen atoms in total. The normalized spacial score (nSPS) is 42.1. The van der Waals surface area contributed by atoms with Gasteiger partial charge >= 0.3 is 0 Å². The van der Waals surface area contributed by atoms with Gasteiger partial charge in [-0.1, -0.05) is 27.7 Å². The number of rotatable bonds is 4. The van der Waals surface area contributed by atoms with E-state index in [0.29, 0.717) is 22.9 Å². The Hall–Kier alpha value is -0.380. The molecule has 23 heavy (non-hydrogen) atoms. The first-order valence-corrected chi connectivity index (χ1v) is 10.1. The number of thiophene rings is 1. The summed E-state index contributed by atoms with van der Waals surface area (Å²) in [6.45, 7) is 11.8. The largest absolute Gasteiger partial charge is 0.349 e. The minimum absolute atomic E-state index is 0.0109. The molecule has 128 valence electrons. The van der Waals surface area contributed by atoms with Crippen molar-refractivity contribution in [3.8, 4) is 0 Å². The molecule has 1 aliphatic heterocycles. The summed E-state index contributed by atoms with van der Waals surface area (Å²) < 4.78 is 12.8. The van der Waals surface area contributed by atoms with Gasteiger partial charge in [-0.25, -0.2) is 0 Å². The maximum absolute atomic E-state index is 6.47. The van der Waals surface area contributed by atoms with Crippen molar-refractivity contribution in [2.45, 2.75) is 78.8 Å². The third-order valence-electron chi connectivity index (χ3n) is 7.46. The van der Waals surface area contributed by atoms with Gasteiger partial charge in [-0.3, -0.25) is 0 Å². The molecule has 1 aromatic heterocycles. The molecule has 0 spiro atoms. The fourth-order valence-electron chi connectivity index (χ4n) is 5.67. The standard InChI is InChI=1S/C20H30O2S/c1-6-13-7-8-16(23-13)12(2)21-17-11-14-15-9-10-20(5,18(14)22-17)19(15,3)4/h7-8,12,14-15,17-18H,6,9-11H2,1-5H3/t12-,14+,15-,17+,18+,20+/m1/s1. The summed E-state index contributed by atoms with van der Waals surface area (Å²) in [7, 11) is 0. The topological polar surface area (TPSA) is 18.5 Å². The molecule has 2 saturated carbocycles. The molecular weight excluding hydrogens is 304 g/mol. The lowest BCUT2D eigenvalue weighted by molar-refractivity contribution is -0.183. The smallest absolute Gasteiger partial charge is 0.159 e. The minimum Gasteiger partial charge on any atom is -0.349 e. The van der Waals surface area contributed by atoms with Crippen LogP contribution >= 0.6 is 11.3 Å². The Labute approximate surface area is 144 Å². The van der Waals surface area contributed by atoms with Gasteiger partial charge in [0.1, 0.15) is 0 Å². The fraction of sp³-hybridized carbons (Fsp3) is 0.800. The van der Waals surface area contributed by atoms with E-state index in [4.69, 9.17) is 9.47 Å². The first-order chi connectivity index (χ1) is 10.9. The zero-order valence-electron chi connectivity index (χ0n) is 15.1. The summed E-state index contributed by atoms with van der Waals surface area (Å²) >= 11 is 1.88. The van der Waals surface area contributed by atoms with Gasteiger partial charge in [0, 0.05) is 16.2 Å². The van der Waals surface area contributed by atoms with E-state index in [9.17, 15) is 0 Å². The molecular formula is C20H30O2S. The predicted molar refractivity (Wildman–Crippen MR) is 94.6 cm³/mol. The second-order valence-electron chi connectivity index (χ2n) is 8.61. The highest BCUT2D eigenvalue weighted by Gasteiger charge is 2.69. The first kappa shape index (κ1) is 16.1. The van der Waals surface area contributed by atoms with Crippen molar-refractivity contribution in [1.82, 2.24) is 0 Å². The van der Waals surface area contributed by atoms with Gasteiger partial charge in [0.05, 0.1) is 12.2 Å². The Balaban J connectivity index is 1.44. The molecule has 6 atom stereocenters. The molecule has 0 unspecified atom stereocenters. The zero-order chi connectivity index (χ0) is 16.4. The number of hydrogen-bond donors (Lipinski definition) is 0. The van der Waals surface area contributed by atoms with Crippen LogP contribution in [-0.2, 0) is 15.9 Å². The molecule has 2 aliphatic carbocycles. The van der Waals surface area contributed by atoms with Crippen LogP contribution in [0.5, 0.6) is 0 Å². The van der Waals surface area contributed by atoms with E-state index in [-0.39, 0.29) is 12.4 Å². The van der Waals surface area contributed by atoms with Crippen LogP contribution in [0.3, 0.4) is 0 Å². The van der Waals surface area contributed by atoms with Gasteiger partial charge in [0.2, 0.25) is 0 Å². The van der Waals surface area contributed by atoms with Crippen LogP contribution in [0, 0.1) is 22.7 Å². The van der Waals surface area contributed by atoms with Gasteiger partial charge in [-0.2, -0.15) is 0 Å². The predicted octanol–water partition coefficient (Wildman–Crippen LogP) is 5.58. The molecule has 4 rings (SSSR count). The number of hydrogen-bond acceptors (Lipinski definition) is 3. The van der Waals surface area contributed by atoms with Gasteiger partial charge in [-0.15, -0.1) is 11.3 Å². The lowest BCUT2D eigenvalue weighted by atomic mass is 9.70. The summed E-state index contributed by atoms with van der Waals surface area (Å²) in [6, 6.07) is 4.45. The Morgan fingerprint density at radius 1 is 1.35 bits per heavy atom. The molecule has 0 radical (unpaired) electrons. The molecule has 3 heteroatoms. The molecule has 2 heterocycles. The lowest BCUT2D eigenvalue weighted by Gasteiger charge is -2.38. The van der Waals surface area contributed by atoms with Gasteiger partial charge in [0.25, 0.3) is 0 Å². The van der Waals surface area contributed by atoms with Crippen LogP contribution in [0.15, 0.2) is 12.1 Å². The molecule has 1 aromatic rings. The summed E-state index contributed by atoms with van der Waals surface area (Å²) in [5.41, 5.74) is 0.755. The number of fused-ring (bicyclic) bond motifs is 5. The fourth-order valence-corrected chi connectivity index (χ4v) is 6.61. The maximum Gasteiger partial charge on any atom is 0.159 e. The molecule has 3 aliphatic rings. The maximum atomic E-state index is 6.47. The summed E-state index contributed by atoms with van der Waals surface area (Å²) in [5.74, 6) is 1.52.